The number of nitrogens with one attached hydrogen (secondary N) is 1. The molecule has 1 saturated heterocycles. The fourth-order valence-electron chi connectivity index (χ4n) is 3.27. The van der Waals surface area contributed by atoms with E-state index < -0.39 is 0 Å². The monoisotopic (exact) mass is 338 g/mol. The Morgan fingerprint density at radius 2 is 2.08 bits per heavy atom. The maximum atomic E-state index is 4.84. The van der Waals surface area contributed by atoms with Crippen molar-refractivity contribution in [1.29, 1.82) is 0 Å². The van der Waals surface area contributed by atoms with Crippen LogP contribution in [0.25, 0.3) is 22.3 Å². The van der Waals surface area contributed by atoms with Crippen LogP contribution in [0, 0.1) is 0 Å². The molecule has 1 atom stereocenters. The van der Waals surface area contributed by atoms with Gasteiger partial charge in [0.15, 0.2) is 5.82 Å². The van der Waals surface area contributed by atoms with Gasteiger partial charge in [-0.2, -0.15) is 11.3 Å². The van der Waals surface area contributed by atoms with Gasteiger partial charge >= 0.3 is 0 Å². The summed E-state index contributed by atoms with van der Waals surface area (Å²) >= 11 is 1.67. The summed E-state index contributed by atoms with van der Waals surface area (Å²) in [5.41, 5.74) is 2.08. The molecule has 0 saturated carbocycles. The van der Waals surface area contributed by atoms with Gasteiger partial charge in [0, 0.05) is 41.5 Å². The van der Waals surface area contributed by atoms with Gasteiger partial charge in [-0.1, -0.05) is 12.1 Å². The number of likely N-dealkylation sites (tertiary alicyclic amines) is 1. The molecule has 1 aliphatic rings. The highest BCUT2D eigenvalue weighted by Gasteiger charge is 2.25. The smallest absolute Gasteiger partial charge is 0.162 e. The van der Waals surface area contributed by atoms with Crippen LogP contribution in [-0.4, -0.2) is 40.0 Å². The predicted molar refractivity (Wildman–Crippen MR) is 102 cm³/mol. The van der Waals surface area contributed by atoms with E-state index in [4.69, 9.17) is 9.97 Å². The minimum absolute atomic E-state index is 0.445. The lowest BCUT2D eigenvalue weighted by atomic mass is 10.2. The Morgan fingerprint density at radius 3 is 2.83 bits per heavy atom. The standard InChI is InChI=1S/C19H22N4S/c1-13(2)23-9-7-15(11-23)20-19-16-5-3-4-6-17(16)21-18(22-19)14-8-10-24-12-14/h3-6,8,10,12-13,15H,7,9,11H2,1-2H3,(H,20,21,22). The van der Waals surface area contributed by atoms with E-state index in [2.05, 4.69) is 59.1 Å². The van der Waals surface area contributed by atoms with E-state index in [1.807, 2.05) is 6.07 Å². The molecule has 1 N–H and O–H groups in total. The maximum absolute atomic E-state index is 4.84. The minimum Gasteiger partial charge on any atom is -0.365 e. The lowest BCUT2D eigenvalue weighted by molar-refractivity contribution is 0.274. The van der Waals surface area contributed by atoms with Crippen LogP contribution in [0.5, 0.6) is 0 Å². The molecular weight excluding hydrogens is 316 g/mol. The van der Waals surface area contributed by atoms with Crippen molar-refractivity contribution in [3.8, 4) is 11.4 Å². The highest BCUT2D eigenvalue weighted by Crippen LogP contribution is 2.27. The molecule has 124 valence electrons. The van der Waals surface area contributed by atoms with Crippen LogP contribution in [0.2, 0.25) is 0 Å². The van der Waals surface area contributed by atoms with Gasteiger partial charge in [0.05, 0.1) is 5.52 Å². The van der Waals surface area contributed by atoms with E-state index in [1.54, 1.807) is 11.3 Å². The van der Waals surface area contributed by atoms with Crippen LogP contribution in [0.15, 0.2) is 41.1 Å². The Morgan fingerprint density at radius 1 is 1.21 bits per heavy atom. The fourth-order valence-corrected chi connectivity index (χ4v) is 3.91. The van der Waals surface area contributed by atoms with Gasteiger partial charge < -0.3 is 5.32 Å². The zero-order valence-corrected chi connectivity index (χ0v) is 14.9. The van der Waals surface area contributed by atoms with Crippen molar-refractivity contribution in [2.24, 2.45) is 0 Å². The first-order valence-electron chi connectivity index (χ1n) is 8.50. The molecule has 4 rings (SSSR count). The largest absolute Gasteiger partial charge is 0.365 e. The van der Waals surface area contributed by atoms with E-state index >= 15 is 0 Å². The molecule has 3 heterocycles. The van der Waals surface area contributed by atoms with Crippen molar-refractivity contribution in [3.05, 3.63) is 41.1 Å². The van der Waals surface area contributed by atoms with E-state index in [0.717, 1.165) is 47.6 Å². The fraction of sp³-hybridized carbons (Fsp3) is 0.368. The number of fused-ring (bicyclic) bond motifs is 1. The Balaban J connectivity index is 1.69. The molecule has 24 heavy (non-hydrogen) atoms. The van der Waals surface area contributed by atoms with Crippen LogP contribution >= 0.6 is 11.3 Å². The predicted octanol–water partition coefficient (Wildman–Crippen LogP) is 4.25. The number of thiophene rings is 1. The molecule has 2 aromatic heterocycles. The molecule has 5 heteroatoms. The molecule has 1 aromatic carbocycles. The van der Waals surface area contributed by atoms with Crippen LogP contribution in [0.3, 0.4) is 0 Å². The van der Waals surface area contributed by atoms with E-state index in [9.17, 15) is 0 Å². The number of aromatic nitrogens is 2. The molecule has 0 radical (unpaired) electrons. The normalized spacial score (nSPS) is 18.5. The van der Waals surface area contributed by atoms with E-state index in [-0.39, 0.29) is 0 Å². The highest BCUT2D eigenvalue weighted by molar-refractivity contribution is 7.08. The van der Waals surface area contributed by atoms with Gasteiger partial charge in [0.2, 0.25) is 0 Å². The molecular formula is C19H22N4S. The number of benzene rings is 1. The lowest BCUT2D eigenvalue weighted by Crippen LogP contribution is -2.31. The van der Waals surface area contributed by atoms with Gasteiger partial charge in [-0.05, 0) is 43.8 Å². The number of anilines is 1. The molecule has 3 aromatic rings. The summed E-state index contributed by atoms with van der Waals surface area (Å²) in [6.07, 6.45) is 1.16. The molecule has 0 aliphatic carbocycles. The second kappa shape index (κ2) is 6.49. The second-order valence-electron chi connectivity index (χ2n) is 6.64. The summed E-state index contributed by atoms with van der Waals surface area (Å²) in [6.45, 7) is 6.74. The molecule has 1 aliphatic heterocycles. The summed E-state index contributed by atoms with van der Waals surface area (Å²) in [5, 5.41) is 8.95. The maximum Gasteiger partial charge on any atom is 0.162 e. The molecule has 1 unspecified atom stereocenters. The number of hydrogen-bond donors (Lipinski definition) is 1. The zero-order chi connectivity index (χ0) is 16.5. The summed E-state index contributed by atoms with van der Waals surface area (Å²) in [5.74, 6) is 1.76. The Kier molecular flexibility index (Phi) is 4.21. The third-order valence-corrected chi connectivity index (χ3v) is 5.36. The quantitative estimate of drug-likeness (QED) is 0.772. The van der Waals surface area contributed by atoms with Gasteiger partial charge in [0.1, 0.15) is 5.82 Å². The van der Waals surface area contributed by atoms with Crippen molar-refractivity contribution in [1.82, 2.24) is 14.9 Å². The average Bonchev–Trinajstić information content (AvgIpc) is 3.26. The molecule has 1 fully saturated rings. The topological polar surface area (TPSA) is 41.0 Å². The number of nitrogens with zero attached hydrogens (tertiary/aromatic N) is 3. The first kappa shape index (κ1) is 15.5. The Labute approximate surface area is 146 Å². The van der Waals surface area contributed by atoms with E-state index in [0.29, 0.717) is 12.1 Å². The van der Waals surface area contributed by atoms with Gasteiger partial charge in [0.25, 0.3) is 0 Å². The Bertz CT molecular complexity index is 829. The molecule has 0 amide bonds. The summed E-state index contributed by atoms with van der Waals surface area (Å²) in [7, 11) is 0. The van der Waals surface area contributed by atoms with Crippen molar-refractivity contribution >= 4 is 28.1 Å². The Hall–Kier alpha value is -1.98. The molecule has 4 nitrogen and oxygen atoms in total. The molecule has 0 bridgehead atoms. The van der Waals surface area contributed by atoms with Crippen molar-refractivity contribution in [2.75, 3.05) is 18.4 Å². The van der Waals surface area contributed by atoms with Gasteiger partial charge in [-0.25, -0.2) is 9.97 Å². The summed E-state index contributed by atoms with van der Waals surface area (Å²) in [4.78, 5) is 12.1. The summed E-state index contributed by atoms with van der Waals surface area (Å²) < 4.78 is 0. The third-order valence-electron chi connectivity index (χ3n) is 4.67. The lowest BCUT2D eigenvalue weighted by Gasteiger charge is -2.21. The highest BCUT2D eigenvalue weighted by atomic mass is 32.1. The number of rotatable bonds is 4. The third kappa shape index (κ3) is 3.01. The van der Waals surface area contributed by atoms with Gasteiger partial charge in [-0.15, -0.1) is 0 Å². The van der Waals surface area contributed by atoms with E-state index in [1.165, 1.54) is 0 Å². The number of para-hydroxylation sites is 1. The molecule has 0 spiro atoms. The van der Waals surface area contributed by atoms with Crippen LogP contribution in [0.1, 0.15) is 20.3 Å². The minimum atomic E-state index is 0.445. The number of hydrogen-bond acceptors (Lipinski definition) is 5. The SMILES string of the molecule is CC(C)N1CCC(Nc2nc(-c3ccsc3)nc3ccccc23)C1. The average molecular weight is 338 g/mol. The van der Waals surface area contributed by atoms with Crippen molar-refractivity contribution < 1.29 is 0 Å². The van der Waals surface area contributed by atoms with Crippen molar-refractivity contribution in [3.63, 3.8) is 0 Å². The van der Waals surface area contributed by atoms with Crippen LogP contribution in [-0.2, 0) is 0 Å². The van der Waals surface area contributed by atoms with Crippen LogP contribution in [0.4, 0.5) is 5.82 Å². The van der Waals surface area contributed by atoms with Crippen molar-refractivity contribution in [2.45, 2.75) is 32.4 Å². The first-order valence-corrected chi connectivity index (χ1v) is 9.45. The second-order valence-corrected chi connectivity index (χ2v) is 7.42. The zero-order valence-electron chi connectivity index (χ0n) is 14.1. The van der Waals surface area contributed by atoms with Gasteiger partial charge in [-0.3, -0.25) is 4.90 Å². The summed E-state index contributed by atoms with van der Waals surface area (Å²) in [6, 6.07) is 11.4. The van der Waals surface area contributed by atoms with Crippen LogP contribution < -0.4 is 5.32 Å². The first-order chi connectivity index (χ1) is 11.7.